The number of nitrogens with one attached hydrogen (secondary N) is 1. The molecule has 0 aromatic carbocycles. The second-order valence-corrected chi connectivity index (χ2v) is 2.55. The number of nitrogens with zero attached hydrogens (tertiary/aromatic N) is 3. The van der Waals surface area contributed by atoms with E-state index in [1.54, 1.807) is 10.9 Å². The van der Waals surface area contributed by atoms with Gasteiger partial charge in [-0.1, -0.05) is 32.7 Å². The molecule has 0 saturated heterocycles. The van der Waals surface area contributed by atoms with Crippen molar-refractivity contribution in [2.75, 3.05) is 11.5 Å². The Morgan fingerprint density at radius 3 is 2.25 bits per heavy atom. The van der Waals surface area contributed by atoms with Crippen molar-refractivity contribution in [3.63, 3.8) is 0 Å². The van der Waals surface area contributed by atoms with Crippen LogP contribution in [0.25, 0.3) is 11.2 Å². The van der Waals surface area contributed by atoms with Gasteiger partial charge in [0.1, 0.15) is 0 Å². The number of aromatic amines is 1. The van der Waals surface area contributed by atoms with Crippen LogP contribution in [-0.4, -0.2) is 15.0 Å². The molecule has 0 aliphatic heterocycles. The third kappa shape index (κ3) is 2.82. The van der Waals surface area contributed by atoms with E-state index in [0.717, 1.165) is 0 Å². The van der Waals surface area contributed by atoms with Crippen LogP contribution in [-0.2, 0) is 7.05 Å². The summed E-state index contributed by atoms with van der Waals surface area (Å²) >= 11 is 0. The highest BCUT2D eigenvalue weighted by Crippen LogP contribution is 2.11. The molecule has 2 aromatic rings. The van der Waals surface area contributed by atoms with Crippen molar-refractivity contribution in [3.05, 3.63) is 6.33 Å². The number of nitrogen functional groups attached to an aromatic ring is 2. The van der Waals surface area contributed by atoms with E-state index in [2.05, 4.69) is 15.0 Å². The van der Waals surface area contributed by atoms with Gasteiger partial charge in [0.2, 0.25) is 5.52 Å². The van der Waals surface area contributed by atoms with Crippen molar-refractivity contribution in [3.8, 4) is 0 Å². The molecule has 16 heavy (non-hydrogen) atoms. The normalized spacial score (nSPS) is 8.81. The zero-order chi connectivity index (χ0) is 12.7. The minimum Gasteiger partial charge on any atom is -0.380 e. The predicted octanol–water partition coefficient (Wildman–Crippen LogP) is 0.999. The van der Waals surface area contributed by atoms with E-state index in [1.165, 1.54) is 0 Å². The molecule has 0 aliphatic carbocycles. The number of aryl methyl sites for hydroxylation is 1. The van der Waals surface area contributed by atoms with Crippen LogP contribution >= 0.6 is 0 Å². The third-order valence-corrected chi connectivity index (χ3v) is 1.67. The van der Waals surface area contributed by atoms with Crippen molar-refractivity contribution in [2.45, 2.75) is 27.7 Å². The van der Waals surface area contributed by atoms with Gasteiger partial charge in [0.25, 0.3) is 5.95 Å². The Balaban J connectivity index is 0.000000509. The number of imidazole rings is 1. The minimum absolute atomic E-state index is 0.190. The van der Waals surface area contributed by atoms with Crippen molar-refractivity contribution < 1.29 is 4.57 Å². The molecule has 90 valence electrons. The molecule has 6 heteroatoms. The van der Waals surface area contributed by atoms with E-state index in [-0.39, 0.29) is 5.95 Å². The highest BCUT2D eigenvalue weighted by Gasteiger charge is 2.13. The molecule has 0 amide bonds. The van der Waals surface area contributed by atoms with Gasteiger partial charge in [0, 0.05) is 0 Å². The molecule has 0 atom stereocenters. The number of fused-ring (bicyclic) bond motifs is 1. The summed E-state index contributed by atoms with van der Waals surface area (Å²) in [6.45, 7) is 8.00. The lowest BCUT2D eigenvalue weighted by atomic mass is 10.5. The van der Waals surface area contributed by atoms with Crippen molar-refractivity contribution >= 4 is 22.9 Å². The van der Waals surface area contributed by atoms with Crippen LogP contribution in [0.3, 0.4) is 0 Å². The molecular weight excluding hydrogens is 204 g/mol. The first kappa shape index (κ1) is 14.2. The van der Waals surface area contributed by atoms with Crippen molar-refractivity contribution in [2.24, 2.45) is 7.05 Å². The van der Waals surface area contributed by atoms with Crippen molar-refractivity contribution in [1.82, 2.24) is 15.0 Å². The predicted molar refractivity (Wildman–Crippen MR) is 66.6 cm³/mol. The Bertz CT molecular complexity index is 434. The average Bonchev–Trinajstić information content (AvgIpc) is 2.67. The second-order valence-electron chi connectivity index (χ2n) is 2.55. The smallest absolute Gasteiger partial charge is 0.309 e. The van der Waals surface area contributed by atoms with Crippen LogP contribution in [0.1, 0.15) is 27.7 Å². The SMILES string of the molecule is CC.CC.C[n+]1c[nH]c2c(N)nc(N)nc21. The molecule has 0 fully saturated rings. The minimum atomic E-state index is 0.190. The highest BCUT2D eigenvalue weighted by atomic mass is 15.1. The lowest BCUT2D eigenvalue weighted by molar-refractivity contribution is -0.646. The van der Waals surface area contributed by atoms with E-state index in [1.807, 2.05) is 34.7 Å². The average molecular weight is 225 g/mol. The maximum atomic E-state index is 5.59. The second kappa shape index (κ2) is 6.60. The molecular formula is C10H21N6+. The molecule has 0 bridgehead atoms. The van der Waals surface area contributed by atoms with Gasteiger partial charge < -0.3 is 11.5 Å². The fourth-order valence-corrected chi connectivity index (χ4v) is 1.10. The summed E-state index contributed by atoms with van der Waals surface area (Å²) in [6, 6.07) is 0. The number of rotatable bonds is 0. The van der Waals surface area contributed by atoms with Crippen molar-refractivity contribution in [1.29, 1.82) is 0 Å². The molecule has 0 unspecified atom stereocenters. The van der Waals surface area contributed by atoms with Crippen LogP contribution in [0.15, 0.2) is 6.33 Å². The number of nitrogens with two attached hydrogens (primary N) is 2. The van der Waals surface area contributed by atoms with E-state index in [9.17, 15) is 0 Å². The molecule has 6 nitrogen and oxygen atoms in total. The van der Waals surface area contributed by atoms with Gasteiger partial charge in [-0.2, -0.15) is 4.98 Å². The van der Waals surface area contributed by atoms with Gasteiger partial charge in [-0.25, -0.2) is 4.57 Å². The van der Waals surface area contributed by atoms with Gasteiger partial charge >= 0.3 is 5.65 Å². The molecule has 0 radical (unpaired) electrons. The summed E-state index contributed by atoms with van der Waals surface area (Å²) in [4.78, 5) is 10.8. The van der Waals surface area contributed by atoms with Crippen LogP contribution < -0.4 is 16.0 Å². The summed E-state index contributed by atoms with van der Waals surface area (Å²) in [6.07, 6.45) is 1.75. The molecule has 5 N–H and O–H groups in total. The van der Waals surface area contributed by atoms with E-state index < -0.39 is 0 Å². The quantitative estimate of drug-likeness (QED) is 0.582. The maximum Gasteiger partial charge on any atom is 0.309 e. The fraction of sp³-hybridized carbons (Fsp3) is 0.500. The van der Waals surface area contributed by atoms with Crippen LogP contribution in [0.5, 0.6) is 0 Å². The van der Waals surface area contributed by atoms with E-state index in [4.69, 9.17) is 11.5 Å². The van der Waals surface area contributed by atoms with Gasteiger partial charge in [-0.3, -0.25) is 4.98 Å². The molecule has 0 aliphatic rings. The summed E-state index contributed by atoms with van der Waals surface area (Å²) in [7, 11) is 1.85. The van der Waals surface area contributed by atoms with Gasteiger partial charge in [0.05, 0.1) is 7.05 Å². The number of hydrogen-bond donors (Lipinski definition) is 3. The molecule has 2 rings (SSSR count). The first-order valence-electron chi connectivity index (χ1n) is 5.44. The Hall–Kier alpha value is -1.85. The number of anilines is 2. The Kier molecular flexibility index (Phi) is 5.84. The fourth-order valence-electron chi connectivity index (χ4n) is 1.10. The number of hydrogen-bond acceptors (Lipinski definition) is 4. The highest BCUT2D eigenvalue weighted by molar-refractivity contribution is 5.79. The molecule has 0 saturated carbocycles. The maximum absolute atomic E-state index is 5.59. The van der Waals surface area contributed by atoms with Gasteiger partial charge in [-0.15, -0.1) is 0 Å². The molecule has 0 spiro atoms. The number of aromatic nitrogens is 4. The summed E-state index contributed by atoms with van der Waals surface area (Å²) in [5, 5.41) is 0. The Labute approximate surface area is 95.7 Å². The molecule has 2 heterocycles. The topological polar surface area (TPSA) is 97.5 Å². The lowest BCUT2D eigenvalue weighted by Crippen LogP contribution is -2.26. The number of H-pyrrole nitrogens is 1. The lowest BCUT2D eigenvalue weighted by Gasteiger charge is -1.90. The first-order chi connectivity index (χ1) is 7.68. The molecule has 2 aromatic heterocycles. The third-order valence-electron chi connectivity index (χ3n) is 1.67. The van der Waals surface area contributed by atoms with Crippen LogP contribution in [0, 0.1) is 0 Å². The first-order valence-corrected chi connectivity index (χ1v) is 5.44. The summed E-state index contributed by atoms with van der Waals surface area (Å²) < 4.78 is 1.80. The van der Waals surface area contributed by atoms with Gasteiger partial charge in [0.15, 0.2) is 12.1 Å². The Morgan fingerprint density at radius 2 is 1.69 bits per heavy atom. The van der Waals surface area contributed by atoms with E-state index >= 15 is 0 Å². The standard InChI is InChI=1S/C6H8N6.2C2H6/c1-12-2-9-3-4(7)10-6(8)11-5(3)12;2*1-2/h2H,1H3,(H4,7,8,10,11);2*1-2H3/p+1. The largest absolute Gasteiger partial charge is 0.380 e. The summed E-state index contributed by atoms with van der Waals surface area (Å²) in [5.41, 5.74) is 12.4. The summed E-state index contributed by atoms with van der Waals surface area (Å²) in [5.74, 6) is 0.563. The van der Waals surface area contributed by atoms with Crippen LogP contribution in [0.2, 0.25) is 0 Å². The zero-order valence-electron chi connectivity index (χ0n) is 10.6. The van der Waals surface area contributed by atoms with E-state index in [0.29, 0.717) is 17.0 Å². The van der Waals surface area contributed by atoms with Crippen LogP contribution in [0.4, 0.5) is 11.8 Å². The monoisotopic (exact) mass is 225 g/mol. The van der Waals surface area contributed by atoms with Gasteiger partial charge in [-0.05, 0) is 0 Å². The Morgan fingerprint density at radius 1 is 1.12 bits per heavy atom. The zero-order valence-corrected chi connectivity index (χ0v) is 10.6.